The number of aryl methyl sites for hydroxylation is 1. The molecular formula is C22H24ClN3O4S. The molecule has 164 valence electrons. The van der Waals surface area contributed by atoms with E-state index in [-0.39, 0.29) is 10.9 Å². The predicted octanol–water partition coefficient (Wildman–Crippen LogP) is 4.41. The zero-order valence-corrected chi connectivity index (χ0v) is 18.8. The smallest absolute Gasteiger partial charge is 0.294 e. The van der Waals surface area contributed by atoms with Gasteiger partial charge in [0, 0.05) is 17.8 Å². The maximum absolute atomic E-state index is 10.5. The molecule has 0 amide bonds. The van der Waals surface area contributed by atoms with E-state index in [0.717, 1.165) is 22.4 Å². The Labute approximate surface area is 187 Å². The summed E-state index contributed by atoms with van der Waals surface area (Å²) >= 11 is 6.13. The van der Waals surface area contributed by atoms with Gasteiger partial charge < -0.3 is 10.5 Å². The molecule has 0 aliphatic rings. The normalized spacial score (nSPS) is 11.8. The number of rotatable bonds is 6. The first-order valence-corrected chi connectivity index (χ1v) is 11.1. The summed E-state index contributed by atoms with van der Waals surface area (Å²) in [7, 11) is -4.02. The molecule has 0 fully saturated rings. The van der Waals surface area contributed by atoms with Crippen LogP contribution in [0.1, 0.15) is 18.1 Å². The number of nitrogens with zero attached hydrogens (tertiary/aromatic N) is 2. The lowest BCUT2D eigenvalue weighted by molar-refractivity contribution is 0.295. The zero-order valence-electron chi connectivity index (χ0n) is 17.2. The van der Waals surface area contributed by atoms with E-state index in [1.807, 2.05) is 32.0 Å². The van der Waals surface area contributed by atoms with Gasteiger partial charge in [-0.3, -0.25) is 9.54 Å². The molecule has 31 heavy (non-hydrogen) atoms. The van der Waals surface area contributed by atoms with Crippen molar-refractivity contribution in [1.29, 1.82) is 0 Å². The van der Waals surface area contributed by atoms with Crippen LogP contribution in [0.15, 0.2) is 66.3 Å². The van der Waals surface area contributed by atoms with Gasteiger partial charge in [0.15, 0.2) is 0 Å². The SMILES string of the molecule is C=Cc1ccnc(-c2cc(OC[C@@H](C)N)cnc2Cl)c1.Cc1ccc(S(=O)(=O)O)cc1. The zero-order chi connectivity index (χ0) is 23.0. The average Bonchev–Trinajstić information content (AvgIpc) is 2.73. The largest absolute Gasteiger partial charge is 0.490 e. The van der Waals surface area contributed by atoms with Gasteiger partial charge in [0.1, 0.15) is 17.5 Å². The molecule has 0 spiro atoms. The summed E-state index contributed by atoms with van der Waals surface area (Å²) in [5, 5.41) is 0.381. The van der Waals surface area contributed by atoms with Crippen molar-refractivity contribution in [1.82, 2.24) is 9.97 Å². The van der Waals surface area contributed by atoms with E-state index in [1.54, 1.807) is 30.6 Å². The maximum Gasteiger partial charge on any atom is 0.294 e. The van der Waals surface area contributed by atoms with Crippen molar-refractivity contribution < 1.29 is 17.7 Å². The lowest BCUT2D eigenvalue weighted by atomic mass is 10.1. The monoisotopic (exact) mass is 461 g/mol. The van der Waals surface area contributed by atoms with E-state index in [9.17, 15) is 8.42 Å². The van der Waals surface area contributed by atoms with Gasteiger partial charge >= 0.3 is 0 Å². The molecule has 0 unspecified atom stereocenters. The van der Waals surface area contributed by atoms with Crippen LogP contribution in [0.4, 0.5) is 0 Å². The van der Waals surface area contributed by atoms with Crippen molar-refractivity contribution >= 4 is 27.8 Å². The number of benzene rings is 1. The highest BCUT2D eigenvalue weighted by molar-refractivity contribution is 7.85. The molecule has 9 heteroatoms. The van der Waals surface area contributed by atoms with Crippen LogP contribution in [0, 0.1) is 6.92 Å². The first-order chi connectivity index (χ1) is 14.6. The molecule has 0 saturated carbocycles. The molecule has 1 aromatic carbocycles. The lowest BCUT2D eigenvalue weighted by Crippen LogP contribution is -2.23. The van der Waals surface area contributed by atoms with Crippen molar-refractivity contribution in [2.45, 2.75) is 24.8 Å². The van der Waals surface area contributed by atoms with Crippen LogP contribution in [0.25, 0.3) is 17.3 Å². The summed E-state index contributed by atoms with van der Waals surface area (Å²) in [5.74, 6) is 0.618. The number of hydrogen-bond acceptors (Lipinski definition) is 6. The third-order valence-corrected chi connectivity index (χ3v) is 5.11. The van der Waals surface area contributed by atoms with Gasteiger partial charge in [-0.25, -0.2) is 4.98 Å². The molecule has 7 nitrogen and oxygen atoms in total. The first-order valence-electron chi connectivity index (χ1n) is 9.27. The number of ether oxygens (including phenoxy) is 1. The number of hydrogen-bond donors (Lipinski definition) is 2. The van der Waals surface area contributed by atoms with Crippen molar-refractivity contribution in [3.05, 3.63) is 77.7 Å². The summed E-state index contributed by atoms with van der Waals surface area (Å²) in [4.78, 5) is 8.36. The molecule has 0 saturated heterocycles. The molecule has 0 radical (unpaired) electrons. The van der Waals surface area contributed by atoms with Gasteiger partial charge in [0.2, 0.25) is 0 Å². The van der Waals surface area contributed by atoms with Crippen molar-refractivity contribution in [2.24, 2.45) is 5.73 Å². The molecule has 0 bridgehead atoms. The Bertz CT molecular complexity index is 1130. The highest BCUT2D eigenvalue weighted by Crippen LogP contribution is 2.28. The Kier molecular flexibility index (Phi) is 8.70. The minimum atomic E-state index is -4.02. The Hall–Kier alpha value is -2.78. The fraction of sp³-hybridized carbons (Fsp3) is 0.182. The molecule has 2 heterocycles. The number of aromatic nitrogens is 2. The number of halogens is 1. The van der Waals surface area contributed by atoms with Gasteiger partial charge in [0.05, 0.1) is 16.8 Å². The minimum absolute atomic E-state index is 0.0450. The molecular weight excluding hydrogens is 438 g/mol. The standard InChI is InChI=1S/C15H16ClN3O.C7H8O3S/c1-3-11-4-5-18-14(6-11)13-7-12(8-19-15(13)16)20-9-10(2)17;1-6-2-4-7(5-3-6)11(8,9)10/h3-8,10H,1,9,17H2,2H3;2-5H,1H3,(H,8,9,10)/t10-;/m1./s1. The maximum atomic E-state index is 10.5. The molecule has 3 N–H and O–H groups in total. The van der Waals surface area contributed by atoms with E-state index in [4.69, 9.17) is 26.6 Å². The number of pyridine rings is 2. The van der Waals surface area contributed by atoms with E-state index < -0.39 is 10.1 Å². The quantitative estimate of drug-likeness (QED) is 0.412. The fourth-order valence-electron chi connectivity index (χ4n) is 2.35. The second-order valence-corrected chi connectivity index (χ2v) is 8.54. The predicted molar refractivity (Wildman–Crippen MR) is 123 cm³/mol. The van der Waals surface area contributed by atoms with Gasteiger partial charge in [-0.2, -0.15) is 8.42 Å². The van der Waals surface area contributed by atoms with Gasteiger partial charge in [-0.05, 0) is 49.7 Å². The van der Waals surface area contributed by atoms with E-state index in [1.165, 1.54) is 12.1 Å². The Balaban J connectivity index is 0.000000262. The van der Waals surface area contributed by atoms with Crippen LogP contribution in [0.3, 0.4) is 0 Å². The summed E-state index contributed by atoms with van der Waals surface area (Å²) in [6, 6.07) is 11.5. The first kappa shape index (κ1) is 24.5. The van der Waals surface area contributed by atoms with Crippen molar-refractivity contribution in [2.75, 3.05) is 6.61 Å². The molecule has 1 atom stereocenters. The third kappa shape index (κ3) is 7.76. The Morgan fingerprint density at radius 2 is 1.90 bits per heavy atom. The van der Waals surface area contributed by atoms with E-state index in [0.29, 0.717) is 17.5 Å². The van der Waals surface area contributed by atoms with Crippen LogP contribution in [-0.2, 0) is 10.1 Å². The van der Waals surface area contributed by atoms with Gasteiger partial charge in [-0.15, -0.1) is 0 Å². The Morgan fingerprint density at radius 3 is 2.48 bits per heavy atom. The molecule has 0 aliphatic heterocycles. The third-order valence-electron chi connectivity index (χ3n) is 3.94. The second-order valence-electron chi connectivity index (χ2n) is 6.76. The minimum Gasteiger partial charge on any atom is -0.490 e. The van der Waals surface area contributed by atoms with Crippen LogP contribution >= 0.6 is 11.6 Å². The summed E-state index contributed by atoms with van der Waals surface area (Å²) in [5.41, 5.74) is 9.03. The van der Waals surface area contributed by atoms with Gasteiger partial charge in [-0.1, -0.05) is 42.0 Å². The average molecular weight is 462 g/mol. The summed E-state index contributed by atoms with van der Waals surface area (Å²) < 4.78 is 35.1. The highest BCUT2D eigenvalue weighted by atomic mass is 35.5. The fourth-order valence-corrected chi connectivity index (χ4v) is 3.03. The summed E-state index contributed by atoms with van der Waals surface area (Å²) in [6.45, 7) is 7.87. The van der Waals surface area contributed by atoms with Crippen LogP contribution in [-0.4, -0.2) is 35.6 Å². The molecule has 3 rings (SSSR count). The highest BCUT2D eigenvalue weighted by Gasteiger charge is 2.09. The van der Waals surface area contributed by atoms with Gasteiger partial charge in [0.25, 0.3) is 10.1 Å². The van der Waals surface area contributed by atoms with Crippen molar-refractivity contribution in [3.8, 4) is 17.0 Å². The van der Waals surface area contributed by atoms with Crippen LogP contribution in [0.5, 0.6) is 5.75 Å². The molecule has 3 aromatic rings. The van der Waals surface area contributed by atoms with Crippen LogP contribution < -0.4 is 10.5 Å². The van der Waals surface area contributed by atoms with Crippen molar-refractivity contribution in [3.63, 3.8) is 0 Å². The topological polar surface area (TPSA) is 115 Å². The molecule has 0 aliphatic carbocycles. The van der Waals surface area contributed by atoms with Crippen LogP contribution in [0.2, 0.25) is 5.15 Å². The molecule has 2 aromatic heterocycles. The Morgan fingerprint density at radius 1 is 1.23 bits per heavy atom. The van der Waals surface area contributed by atoms with E-state index >= 15 is 0 Å². The summed E-state index contributed by atoms with van der Waals surface area (Å²) in [6.07, 6.45) is 5.03. The second kappa shape index (κ2) is 11.0. The van der Waals surface area contributed by atoms with E-state index in [2.05, 4.69) is 16.5 Å². The lowest BCUT2D eigenvalue weighted by Gasteiger charge is -2.10. The number of nitrogens with two attached hydrogens (primary N) is 1.